The molecule has 7 nitrogen and oxygen atoms in total. The number of aromatic nitrogens is 2. The molecule has 1 aromatic heterocycles. The van der Waals surface area contributed by atoms with Crippen LogP contribution in [0.3, 0.4) is 0 Å². The molecule has 1 aliphatic heterocycles. The predicted octanol–water partition coefficient (Wildman–Crippen LogP) is 6.30. The normalized spacial score (nSPS) is 14.5. The third kappa shape index (κ3) is 6.01. The molecule has 4 rings (SSSR count). The Bertz CT molecular complexity index is 1320. The fourth-order valence-electron chi connectivity index (χ4n) is 4.69. The first-order valence-corrected chi connectivity index (χ1v) is 12.6. The molecule has 0 aliphatic carbocycles. The maximum absolute atomic E-state index is 14.1. The van der Waals surface area contributed by atoms with Gasteiger partial charge in [0.2, 0.25) is 0 Å². The number of rotatable bonds is 4. The Hall–Kier alpha value is -3.68. The number of hydrogen-bond acceptors (Lipinski definition) is 4. The number of nitrogens with one attached hydrogen (secondary N) is 1. The minimum Gasteiger partial charge on any atom is -0.444 e. The zero-order valence-electron chi connectivity index (χ0n) is 22.4. The van der Waals surface area contributed by atoms with Gasteiger partial charge in [-0.05, 0) is 83.7 Å². The number of likely N-dealkylation sites (tertiary alicyclic amines) is 1. The zero-order chi connectivity index (χ0) is 26.9. The summed E-state index contributed by atoms with van der Waals surface area (Å²) in [5.41, 5.74) is 4.66. The summed E-state index contributed by atoms with van der Waals surface area (Å²) in [5.74, 6) is -0.722. The lowest BCUT2D eigenvalue weighted by Crippen LogP contribution is -2.41. The van der Waals surface area contributed by atoms with Gasteiger partial charge in [0.25, 0.3) is 5.91 Å². The molecule has 1 aliphatic rings. The fourth-order valence-corrected chi connectivity index (χ4v) is 4.69. The summed E-state index contributed by atoms with van der Waals surface area (Å²) in [6.07, 6.45) is 2.58. The van der Waals surface area contributed by atoms with Crippen molar-refractivity contribution in [2.45, 2.75) is 65.9 Å². The third-order valence-corrected chi connectivity index (χ3v) is 6.59. The van der Waals surface area contributed by atoms with Gasteiger partial charge in [-0.2, -0.15) is 5.10 Å². The second-order valence-electron chi connectivity index (χ2n) is 10.8. The molecule has 37 heavy (non-hydrogen) atoms. The summed E-state index contributed by atoms with van der Waals surface area (Å²) in [7, 11) is 0. The summed E-state index contributed by atoms with van der Waals surface area (Å²) in [5, 5.41) is 7.46. The van der Waals surface area contributed by atoms with Gasteiger partial charge in [0.15, 0.2) is 0 Å². The molecule has 3 aromatic rings. The summed E-state index contributed by atoms with van der Waals surface area (Å²) >= 11 is 0. The average Bonchev–Trinajstić information content (AvgIpc) is 3.25. The van der Waals surface area contributed by atoms with Crippen molar-refractivity contribution in [3.8, 4) is 5.69 Å². The maximum atomic E-state index is 14.1. The number of nitrogens with zero attached hydrogens (tertiary/aromatic N) is 3. The largest absolute Gasteiger partial charge is 0.444 e. The van der Waals surface area contributed by atoms with Gasteiger partial charge < -0.3 is 15.0 Å². The third-order valence-electron chi connectivity index (χ3n) is 6.59. The molecule has 0 saturated carbocycles. The molecule has 8 heteroatoms. The number of anilines is 1. The minimum atomic E-state index is -0.559. The standard InChI is InChI=1S/C29H35FN4O3/c1-18-7-10-25(20(3)15-18)34-26(21-11-13-33(14-12-21)28(36)37-29(4,5)6)23(17-31-34)27(35)32-22-9-8-19(2)24(30)16-22/h7-10,15-17,21H,11-14H2,1-6H3,(H,32,35). The van der Waals surface area contributed by atoms with E-state index < -0.39 is 5.60 Å². The number of hydrogen-bond donors (Lipinski definition) is 1. The van der Waals surface area contributed by atoms with Crippen LogP contribution in [0.2, 0.25) is 0 Å². The molecule has 1 fully saturated rings. The maximum Gasteiger partial charge on any atom is 0.410 e. The summed E-state index contributed by atoms with van der Waals surface area (Å²) in [6, 6.07) is 10.8. The Labute approximate surface area is 217 Å². The molecule has 2 heterocycles. The van der Waals surface area contributed by atoms with Crippen molar-refractivity contribution in [3.63, 3.8) is 0 Å². The Morgan fingerprint density at radius 1 is 1.03 bits per heavy atom. The van der Waals surface area contributed by atoms with Crippen molar-refractivity contribution in [1.82, 2.24) is 14.7 Å². The average molecular weight is 507 g/mol. The lowest BCUT2D eigenvalue weighted by Gasteiger charge is -2.34. The van der Waals surface area contributed by atoms with E-state index in [2.05, 4.69) is 16.5 Å². The Kier molecular flexibility index (Phi) is 7.39. The molecule has 0 radical (unpaired) electrons. The van der Waals surface area contributed by atoms with Crippen molar-refractivity contribution >= 4 is 17.7 Å². The van der Waals surface area contributed by atoms with Crippen LogP contribution in [0.4, 0.5) is 14.9 Å². The molecule has 0 bridgehead atoms. The van der Waals surface area contributed by atoms with E-state index in [1.165, 1.54) is 6.07 Å². The van der Waals surface area contributed by atoms with Gasteiger partial charge in [-0.3, -0.25) is 4.79 Å². The van der Waals surface area contributed by atoms with E-state index in [0.29, 0.717) is 42.7 Å². The number of ether oxygens (including phenoxy) is 1. The molecule has 2 amide bonds. The predicted molar refractivity (Wildman–Crippen MR) is 142 cm³/mol. The van der Waals surface area contributed by atoms with Crippen LogP contribution >= 0.6 is 0 Å². The highest BCUT2D eigenvalue weighted by molar-refractivity contribution is 6.05. The van der Waals surface area contributed by atoms with Crippen LogP contribution in [-0.2, 0) is 4.74 Å². The highest BCUT2D eigenvalue weighted by atomic mass is 19.1. The van der Waals surface area contributed by atoms with Gasteiger partial charge in [0.05, 0.1) is 23.1 Å². The van der Waals surface area contributed by atoms with Crippen LogP contribution < -0.4 is 5.32 Å². The van der Waals surface area contributed by atoms with Gasteiger partial charge in [-0.15, -0.1) is 0 Å². The lowest BCUT2D eigenvalue weighted by atomic mass is 9.90. The molecule has 0 spiro atoms. The monoisotopic (exact) mass is 506 g/mol. The van der Waals surface area contributed by atoms with E-state index in [-0.39, 0.29) is 23.7 Å². The van der Waals surface area contributed by atoms with Crippen LogP contribution in [-0.4, -0.2) is 45.4 Å². The molecular formula is C29H35FN4O3. The summed E-state index contributed by atoms with van der Waals surface area (Å²) in [6.45, 7) is 12.3. The van der Waals surface area contributed by atoms with Gasteiger partial charge in [0.1, 0.15) is 11.4 Å². The highest BCUT2D eigenvalue weighted by Gasteiger charge is 2.32. The van der Waals surface area contributed by atoms with E-state index in [1.54, 1.807) is 30.2 Å². The summed E-state index contributed by atoms with van der Waals surface area (Å²) < 4.78 is 21.5. The second-order valence-corrected chi connectivity index (χ2v) is 10.8. The number of benzene rings is 2. The molecule has 0 unspecified atom stereocenters. The number of halogens is 1. The number of carbonyl (C=O) groups is 2. The quantitative estimate of drug-likeness (QED) is 0.450. The van der Waals surface area contributed by atoms with Crippen molar-refractivity contribution in [2.24, 2.45) is 0 Å². The smallest absolute Gasteiger partial charge is 0.410 e. The summed E-state index contributed by atoms with van der Waals surface area (Å²) in [4.78, 5) is 27.7. The molecule has 0 atom stereocenters. The SMILES string of the molecule is Cc1ccc(-n2ncc(C(=O)Nc3ccc(C)c(F)c3)c2C2CCN(C(=O)OC(C)(C)C)CC2)c(C)c1. The van der Waals surface area contributed by atoms with Crippen molar-refractivity contribution in [1.29, 1.82) is 0 Å². The minimum absolute atomic E-state index is 0.00241. The zero-order valence-corrected chi connectivity index (χ0v) is 22.4. The number of amides is 2. The molecule has 1 N–H and O–H groups in total. The van der Waals surface area contributed by atoms with Crippen LogP contribution in [0, 0.1) is 26.6 Å². The fraction of sp³-hybridized carbons (Fsp3) is 0.414. The molecule has 2 aromatic carbocycles. The van der Waals surface area contributed by atoms with Crippen LogP contribution in [0.15, 0.2) is 42.6 Å². The van der Waals surface area contributed by atoms with Gasteiger partial charge in [0, 0.05) is 24.7 Å². The van der Waals surface area contributed by atoms with Crippen molar-refractivity contribution in [2.75, 3.05) is 18.4 Å². The van der Waals surface area contributed by atoms with Gasteiger partial charge in [-0.25, -0.2) is 13.9 Å². The van der Waals surface area contributed by atoms with E-state index in [0.717, 1.165) is 22.5 Å². The van der Waals surface area contributed by atoms with E-state index in [4.69, 9.17) is 4.74 Å². The van der Waals surface area contributed by atoms with Crippen LogP contribution in [0.1, 0.15) is 72.3 Å². The van der Waals surface area contributed by atoms with Gasteiger partial charge in [-0.1, -0.05) is 23.8 Å². The van der Waals surface area contributed by atoms with E-state index in [1.807, 2.05) is 51.4 Å². The first-order valence-electron chi connectivity index (χ1n) is 12.6. The first-order chi connectivity index (χ1) is 17.4. The van der Waals surface area contributed by atoms with Crippen LogP contribution in [0.25, 0.3) is 5.69 Å². The Balaban J connectivity index is 1.65. The van der Waals surface area contributed by atoms with Crippen molar-refractivity contribution in [3.05, 3.63) is 76.4 Å². The van der Waals surface area contributed by atoms with Gasteiger partial charge >= 0.3 is 6.09 Å². The van der Waals surface area contributed by atoms with Crippen molar-refractivity contribution < 1.29 is 18.7 Å². The van der Waals surface area contributed by atoms with E-state index >= 15 is 0 Å². The lowest BCUT2D eigenvalue weighted by molar-refractivity contribution is 0.0203. The first kappa shape index (κ1) is 26.4. The molecular weight excluding hydrogens is 471 g/mol. The number of piperidine rings is 1. The number of aryl methyl sites for hydroxylation is 3. The molecule has 1 saturated heterocycles. The Morgan fingerprint density at radius 3 is 2.35 bits per heavy atom. The number of carbonyl (C=O) groups excluding carboxylic acids is 2. The Morgan fingerprint density at radius 2 is 1.73 bits per heavy atom. The van der Waals surface area contributed by atoms with E-state index in [9.17, 15) is 14.0 Å². The highest BCUT2D eigenvalue weighted by Crippen LogP contribution is 2.34. The molecule has 196 valence electrons. The van der Waals surface area contributed by atoms with Crippen LogP contribution in [0.5, 0.6) is 0 Å². The second kappa shape index (κ2) is 10.4. The topological polar surface area (TPSA) is 76.5 Å².